The van der Waals surface area contributed by atoms with E-state index in [1.807, 2.05) is 6.92 Å². The van der Waals surface area contributed by atoms with Crippen molar-refractivity contribution in [3.63, 3.8) is 0 Å². The predicted octanol–water partition coefficient (Wildman–Crippen LogP) is 1.12. The van der Waals surface area contributed by atoms with Crippen LogP contribution in [0, 0.1) is 0 Å². The van der Waals surface area contributed by atoms with E-state index >= 15 is 0 Å². The van der Waals surface area contributed by atoms with Crippen LogP contribution in [0.5, 0.6) is 5.75 Å². The molecule has 7 heteroatoms. The number of rotatable bonds is 4. The Labute approximate surface area is 119 Å². The zero-order valence-corrected chi connectivity index (χ0v) is 12.5. The van der Waals surface area contributed by atoms with Gasteiger partial charge in [-0.15, -0.1) is 0 Å². The molecule has 1 atom stereocenters. The molecule has 1 aliphatic rings. The maximum absolute atomic E-state index is 12.5. The number of ether oxygens (including phenoxy) is 2. The van der Waals surface area contributed by atoms with Gasteiger partial charge in [0.2, 0.25) is 10.0 Å². The van der Waals surface area contributed by atoms with Crippen molar-refractivity contribution < 1.29 is 17.9 Å². The molecule has 3 N–H and O–H groups in total. The van der Waals surface area contributed by atoms with Crippen molar-refractivity contribution in [2.24, 2.45) is 0 Å². The van der Waals surface area contributed by atoms with Crippen LogP contribution in [0.2, 0.25) is 0 Å². The summed E-state index contributed by atoms with van der Waals surface area (Å²) >= 11 is 0. The van der Waals surface area contributed by atoms with E-state index < -0.39 is 15.6 Å². The van der Waals surface area contributed by atoms with Gasteiger partial charge >= 0.3 is 0 Å². The summed E-state index contributed by atoms with van der Waals surface area (Å²) in [5, 5.41) is 0. The number of sulfonamides is 1. The summed E-state index contributed by atoms with van der Waals surface area (Å²) in [5.41, 5.74) is 5.50. The van der Waals surface area contributed by atoms with Gasteiger partial charge in [-0.1, -0.05) is 0 Å². The Balaban J connectivity index is 2.30. The van der Waals surface area contributed by atoms with E-state index in [2.05, 4.69) is 4.72 Å². The molecular formula is C13H20N2O4S. The van der Waals surface area contributed by atoms with Gasteiger partial charge in [-0.25, -0.2) is 13.1 Å². The van der Waals surface area contributed by atoms with Crippen LogP contribution in [0.3, 0.4) is 0 Å². The molecule has 0 saturated carbocycles. The largest absolute Gasteiger partial charge is 0.495 e. The van der Waals surface area contributed by atoms with E-state index in [1.165, 1.54) is 25.3 Å². The Morgan fingerprint density at radius 3 is 2.80 bits per heavy atom. The van der Waals surface area contributed by atoms with E-state index in [-0.39, 0.29) is 10.6 Å². The fourth-order valence-electron chi connectivity index (χ4n) is 2.30. The van der Waals surface area contributed by atoms with Gasteiger partial charge in [0, 0.05) is 18.4 Å². The van der Waals surface area contributed by atoms with Crippen molar-refractivity contribution >= 4 is 15.7 Å². The lowest BCUT2D eigenvalue weighted by atomic mass is 9.97. The monoisotopic (exact) mass is 300 g/mol. The second-order valence-electron chi connectivity index (χ2n) is 5.23. The zero-order chi connectivity index (χ0) is 14.8. The summed E-state index contributed by atoms with van der Waals surface area (Å²) in [6.45, 7) is 2.87. The van der Waals surface area contributed by atoms with Crippen LogP contribution in [0.15, 0.2) is 23.1 Å². The lowest BCUT2D eigenvalue weighted by Gasteiger charge is -2.34. The summed E-state index contributed by atoms with van der Waals surface area (Å²) in [4.78, 5) is 0.0843. The minimum Gasteiger partial charge on any atom is -0.495 e. The molecule has 1 fully saturated rings. The molecule has 112 valence electrons. The Morgan fingerprint density at radius 1 is 1.45 bits per heavy atom. The molecule has 0 spiro atoms. The number of nitrogens with one attached hydrogen (secondary N) is 1. The molecule has 20 heavy (non-hydrogen) atoms. The van der Waals surface area contributed by atoms with Gasteiger partial charge in [0.05, 0.1) is 19.3 Å². The van der Waals surface area contributed by atoms with Gasteiger partial charge in [0.25, 0.3) is 0 Å². The molecule has 0 radical (unpaired) electrons. The number of benzene rings is 1. The van der Waals surface area contributed by atoms with Gasteiger partial charge < -0.3 is 15.2 Å². The Kier molecular flexibility index (Phi) is 4.22. The van der Waals surface area contributed by atoms with Crippen molar-refractivity contribution in [2.75, 3.05) is 26.1 Å². The highest BCUT2D eigenvalue weighted by Gasteiger charge is 2.34. The van der Waals surface area contributed by atoms with E-state index in [9.17, 15) is 8.42 Å². The molecule has 1 unspecified atom stereocenters. The molecule has 1 heterocycles. The first-order chi connectivity index (χ1) is 9.36. The number of methoxy groups -OCH3 is 1. The predicted molar refractivity (Wildman–Crippen MR) is 76.2 cm³/mol. The first-order valence-electron chi connectivity index (χ1n) is 6.42. The number of anilines is 1. The highest BCUT2D eigenvalue weighted by atomic mass is 32.2. The van der Waals surface area contributed by atoms with E-state index in [0.29, 0.717) is 18.9 Å². The van der Waals surface area contributed by atoms with Crippen molar-refractivity contribution in [3.8, 4) is 5.75 Å². The Bertz CT molecular complexity index is 580. The molecule has 1 aromatic carbocycles. The maximum atomic E-state index is 12.5. The quantitative estimate of drug-likeness (QED) is 0.813. The molecule has 1 aromatic rings. The molecule has 0 aromatic heterocycles. The lowest BCUT2D eigenvalue weighted by molar-refractivity contribution is 0.0386. The van der Waals surface area contributed by atoms with Gasteiger partial charge in [0.15, 0.2) is 0 Å². The Hall–Kier alpha value is -1.31. The lowest BCUT2D eigenvalue weighted by Crippen LogP contribution is -2.51. The summed E-state index contributed by atoms with van der Waals surface area (Å²) in [6.07, 6.45) is 1.57. The van der Waals surface area contributed by atoms with Crippen LogP contribution in [0.1, 0.15) is 19.8 Å². The third kappa shape index (κ3) is 3.23. The van der Waals surface area contributed by atoms with E-state index in [4.69, 9.17) is 15.2 Å². The molecule has 0 amide bonds. The van der Waals surface area contributed by atoms with E-state index in [1.54, 1.807) is 0 Å². The molecule has 6 nitrogen and oxygen atoms in total. The fraction of sp³-hybridized carbons (Fsp3) is 0.538. The molecular weight excluding hydrogens is 280 g/mol. The van der Waals surface area contributed by atoms with Crippen LogP contribution in [0.4, 0.5) is 5.69 Å². The molecule has 1 aliphatic heterocycles. The fourth-order valence-corrected chi connectivity index (χ4v) is 3.87. The summed E-state index contributed by atoms with van der Waals surface area (Å²) in [5.74, 6) is 0.234. The highest BCUT2D eigenvalue weighted by Crippen LogP contribution is 2.28. The number of nitrogens with two attached hydrogens (primary N) is 1. The number of hydrogen-bond donors (Lipinski definition) is 2. The van der Waals surface area contributed by atoms with Crippen molar-refractivity contribution in [1.82, 2.24) is 4.72 Å². The average molecular weight is 300 g/mol. The summed E-state index contributed by atoms with van der Waals surface area (Å²) in [7, 11) is -2.27. The van der Waals surface area contributed by atoms with Gasteiger partial charge in [-0.2, -0.15) is 0 Å². The average Bonchev–Trinajstić information content (AvgIpc) is 2.37. The number of hydrogen-bond acceptors (Lipinski definition) is 5. The standard InChI is InChI=1S/C13H20N2O4S/c1-13(6-3-7-19-9-13)15-20(16,17)12-5-4-10(14)8-11(12)18-2/h4-5,8,15H,3,6-7,9,14H2,1-2H3. The SMILES string of the molecule is COc1cc(N)ccc1S(=O)(=O)NC1(C)CCCOC1. The third-order valence-corrected chi connectivity index (χ3v) is 4.97. The van der Waals surface area contributed by atoms with Crippen LogP contribution in [-0.4, -0.2) is 34.3 Å². The summed E-state index contributed by atoms with van der Waals surface area (Å²) < 4.78 is 38.2. The third-order valence-electron chi connectivity index (χ3n) is 3.30. The molecule has 0 aliphatic carbocycles. The normalized spacial score (nSPS) is 23.5. The van der Waals surface area contributed by atoms with Crippen LogP contribution >= 0.6 is 0 Å². The van der Waals surface area contributed by atoms with Crippen LogP contribution in [0.25, 0.3) is 0 Å². The van der Waals surface area contributed by atoms with Gasteiger partial charge in [-0.05, 0) is 31.9 Å². The first kappa shape index (κ1) is 15.1. The van der Waals surface area contributed by atoms with Crippen molar-refractivity contribution in [1.29, 1.82) is 0 Å². The highest BCUT2D eigenvalue weighted by molar-refractivity contribution is 7.89. The van der Waals surface area contributed by atoms with E-state index in [0.717, 1.165) is 12.8 Å². The zero-order valence-electron chi connectivity index (χ0n) is 11.7. The molecule has 2 rings (SSSR count). The minimum atomic E-state index is -3.69. The Morgan fingerprint density at radius 2 is 2.20 bits per heavy atom. The first-order valence-corrected chi connectivity index (χ1v) is 7.90. The van der Waals surface area contributed by atoms with Crippen molar-refractivity contribution in [2.45, 2.75) is 30.2 Å². The minimum absolute atomic E-state index is 0.0843. The van der Waals surface area contributed by atoms with Gasteiger partial charge in [-0.3, -0.25) is 0 Å². The number of nitrogen functional groups attached to an aromatic ring is 1. The topological polar surface area (TPSA) is 90.7 Å². The van der Waals surface area contributed by atoms with Crippen LogP contribution < -0.4 is 15.2 Å². The summed E-state index contributed by atoms with van der Waals surface area (Å²) in [6, 6.07) is 4.48. The van der Waals surface area contributed by atoms with Gasteiger partial charge in [0.1, 0.15) is 10.6 Å². The second kappa shape index (κ2) is 5.59. The molecule has 0 bridgehead atoms. The smallest absolute Gasteiger partial charge is 0.244 e. The molecule has 1 saturated heterocycles. The maximum Gasteiger partial charge on any atom is 0.244 e. The second-order valence-corrected chi connectivity index (χ2v) is 6.88. The van der Waals surface area contributed by atoms with Crippen LogP contribution in [-0.2, 0) is 14.8 Å². The van der Waals surface area contributed by atoms with Crippen molar-refractivity contribution in [3.05, 3.63) is 18.2 Å².